The Morgan fingerprint density at radius 2 is 2.10 bits per heavy atom. The van der Waals surface area contributed by atoms with Crippen molar-refractivity contribution in [1.82, 2.24) is 10.2 Å². The summed E-state index contributed by atoms with van der Waals surface area (Å²) in [7, 11) is 5.64. The fraction of sp³-hybridized carbons (Fsp3) is 0.647. The lowest BCUT2D eigenvalue weighted by Gasteiger charge is -2.40. The molecule has 0 bridgehead atoms. The van der Waals surface area contributed by atoms with Crippen molar-refractivity contribution in [3.05, 3.63) is 23.8 Å². The van der Waals surface area contributed by atoms with Gasteiger partial charge in [0.2, 0.25) is 0 Å². The van der Waals surface area contributed by atoms with Gasteiger partial charge in [0.05, 0.1) is 14.2 Å². The molecule has 1 saturated heterocycles. The van der Waals surface area contributed by atoms with Crippen LogP contribution < -0.4 is 14.8 Å². The van der Waals surface area contributed by atoms with Crippen LogP contribution in [0.2, 0.25) is 0 Å². The van der Waals surface area contributed by atoms with Crippen molar-refractivity contribution < 1.29 is 9.47 Å². The topological polar surface area (TPSA) is 33.7 Å². The van der Waals surface area contributed by atoms with Gasteiger partial charge in [-0.25, -0.2) is 0 Å². The maximum absolute atomic E-state index is 5.62. The number of nitrogens with one attached hydrogen (secondary N) is 1. The molecular formula is C17H28N2O2. The van der Waals surface area contributed by atoms with E-state index in [-0.39, 0.29) is 0 Å². The first-order valence-corrected chi connectivity index (χ1v) is 7.84. The van der Waals surface area contributed by atoms with Crippen molar-refractivity contribution in [2.24, 2.45) is 5.92 Å². The monoisotopic (exact) mass is 292 g/mol. The number of benzene rings is 1. The number of methoxy groups -OCH3 is 2. The highest BCUT2D eigenvalue weighted by molar-refractivity contribution is 5.43. The minimum Gasteiger partial charge on any atom is -0.497 e. The van der Waals surface area contributed by atoms with E-state index in [2.05, 4.69) is 30.3 Å². The Morgan fingerprint density at radius 3 is 2.76 bits per heavy atom. The molecule has 1 aromatic rings. The second-order valence-electron chi connectivity index (χ2n) is 5.74. The van der Waals surface area contributed by atoms with E-state index in [0.29, 0.717) is 12.0 Å². The predicted molar refractivity (Wildman–Crippen MR) is 86.2 cm³/mol. The molecule has 118 valence electrons. The summed E-state index contributed by atoms with van der Waals surface area (Å²) >= 11 is 0. The Kier molecular flexibility index (Phi) is 5.88. The standard InChI is InChI=1S/C17H28N2O2/c1-5-18-12-13-7-6-10-19(2)17(13)15-9-8-14(20-3)11-16(15)21-4/h8-9,11,13,17-18H,5-7,10,12H2,1-4H3. The van der Waals surface area contributed by atoms with Crippen LogP contribution in [0.4, 0.5) is 0 Å². The van der Waals surface area contributed by atoms with Gasteiger partial charge in [-0.15, -0.1) is 0 Å². The lowest BCUT2D eigenvalue weighted by molar-refractivity contribution is 0.117. The van der Waals surface area contributed by atoms with Crippen LogP contribution in [0.1, 0.15) is 31.4 Å². The van der Waals surface area contributed by atoms with Crippen LogP contribution in [0.5, 0.6) is 11.5 Å². The first kappa shape index (κ1) is 16.1. The zero-order valence-electron chi connectivity index (χ0n) is 13.7. The Morgan fingerprint density at radius 1 is 1.29 bits per heavy atom. The first-order chi connectivity index (χ1) is 10.2. The van der Waals surface area contributed by atoms with Gasteiger partial charge < -0.3 is 14.8 Å². The third-order valence-electron chi connectivity index (χ3n) is 4.42. The summed E-state index contributed by atoms with van der Waals surface area (Å²) in [5.74, 6) is 2.39. The molecule has 2 rings (SSSR count). The molecule has 2 atom stereocenters. The van der Waals surface area contributed by atoms with Gasteiger partial charge in [0.15, 0.2) is 0 Å². The van der Waals surface area contributed by atoms with Crippen LogP contribution in [0.3, 0.4) is 0 Å². The van der Waals surface area contributed by atoms with Crippen molar-refractivity contribution in [3.8, 4) is 11.5 Å². The number of ether oxygens (including phenoxy) is 2. The van der Waals surface area contributed by atoms with E-state index in [4.69, 9.17) is 9.47 Å². The van der Waals surface area contributed by atoms with Gasteiger partial charge >= 0.3 is 0 Å². The third kappa shape index (κ3) is 3.69. The Balaban J connectivity index is 2.30. The summed E-state index contributed by atoms with van der Waals surface area (Å²) in [6, 6.07) is 6.58. The summed E-state index contributed by atoms with van der Waals surface area (Å²) < 4.78 is 10.9. The van der Waals surface area contributed by atoms with Gasteiger partial charge in [-0.1, -0.05) is 13.0 Å². The zero-order chi connectivity index (χ0) is 15.2. The lowest BCUT2D eigenvalue weighted by atomic mass is 9.84. The van der Waals surface area contributed by atoms with Gasteiger partial charge in [0.1, 0.15) is 11.5 Å². The van der Waals surface area contributed by atoms with E-state index in [0.717, 1.165) is 31.1 Å². The Labute approximate surface area is 128 Å². The number of likely N-dealkylation sites (tertiary alicyclic amines) is 1. The number of hydrogen-bond acceptors (Lipinski definition) is 4. The van der Waals surface area contributed by atoms with Gasteiger partial charge in [-0.3, -0.25) is 4.90 Å². The maximum Gasteiger partial charge on any atom is 0.127 e. The van der Waals surface area contributed by atoms with E-state index in [9.17, 15) is 0 Å². The molecule has 0 spiro atoms. The second-order valence-corrected chi connectivity index (χ2v) is 5.74. The summed E-state index contributed by atoms with van der Waals surface area (Å²) in [5.41, 5.74) is 1.27. The highest BCUT2D eigenvalue weighted by Gasteiger charge is 2.32. The maximum atomic E-state index is 5.62. The molecule has 0 radical (unpaired) electrons. The van der Waals surface area contributed by atoms with Crippen molar-refractivity contribution in [2.75, 3.05) is 40.9 Å². The molecule has 1 aromatic carbocycles. The fourth-order valence-electron chi connectivity index (χ4n) is 3.36. The van der Waals surface area contributed by atoms with Crippen molar-refractivity contribution in [1.29, 1.82) is 0 Å². The molecular weight excluding hydrogens is 264 g/mol. The number of hydrogen-bond donors (Lipinski definition) is 1. The fourth-order valence-corrected chi connectivity index (χ4v) is 3.36. The molecule has 1 heterocycles. The highest BCUT2D eigenvalue weighted by atomic mass is 16.5. The van der Waals surface area contributed by atoms with Crippen LogP contribution in [0.15, 0.2) is 18.2 Å². The summed E-state index contributed by atoms with van der Waals surface area (Å²) in [5, 5.41) is 3.51. The number of nitrogens with zero attached hydrogens (tertiary/aromatic N) is 1. The largest absolute Gasteiger partial charge is 0.497 e. The number of piperidine rings is 1. The molecule has 0 saturated carbocycles. The molecule has 0 aliphatic carbocycles. The minimum atomic E-state index is 0.402. The molecule has 1 aliphatic heterocycles. The zero-order valence-corrected chi connectivity index (χ0v) is 13.7. The molecule has 1 fully saturated rings. The molecule has 4 heteroatoms. The smallest absolute Gasteiger partial charge is 0.127 e. The predicted octanol–water partition coefficient (Wildman–Crippen LogP) is 2.70. The first-order valence-electron chi connectivity index (χ1n) is 7.84. The molecule has 1 N–H and O–H groups in total. The average molecular weight is 292 g/mol. The van der Waals surface area contributed by atoms with Crippen molar-refractivity contribution in [2.45, 2.75) is 25.8 Å². The van der Waals surface area contributed by atoms with E-state index < -0.39 is 0 Å². The second kappa shape index (κ2) is 7.66. The normalized spacial score (nSPS) is 23.0. The third-order valence-corrected chi connectivity index (χ3v) is 4.42. The molecule has 4 nitrogen and oxygen atoms in total. The van der Waals surface area contributed by atoms with Crippen molar-refractivity contribution in [3.63, 3.8) is 0 Å². The van der Waals surface area contributed by atoms with Gasteiger partial charge in [0, 0.05) is 17.7 Å². The van der Waals surface area contributed by atoms with Crippen LogP contribution in [-0.2, 0) is 0 Å². The molecule has 2 unspecified atom stereocenters. The lowest BCUT2D eigenvalue weighted by Crippen LogP contribution is -2.40. The van der Waals surface area contributed by atoms with Gasteiger partial charge in [-0.05, 0) is 51.5 Å². The van der Waals surface area contributed by atoms with Gasteiger partial charge in [0.25, 0.3) is 0 Å². The number of rotatable bonds is 6. The SMILES string of the molecule is CCNCC1CCCN(C)C1c1ccc(OC)cc1OC. The van der Waals surface area contributed by atoms with Crippen LogP contribution in [0, 0.1) is 5.92 Å². The molecule has 0 aromatic heterocycles. The highest BCUT2D eigenvalue weighted by Crippen LogP contribution is 2.40. The van der Waals surface area contributed by atoms with Crippen LogP contribution >= 0.6 is 0 Å². The minimum absolute atomic E-state index is 0.402. The molecule has 21 heavy (non-hydrogen) atoms. The van der Waals surface area contributed by atoms with Gasteiger partial charge in [-0.2, -0.15) is 0 Å². The molecule has 1 aliphatic rings. The van der Waals surface area contributed by atoms with E-state index in [1.807, 2.05) is 12.1 Å². The summed E-state index contributed by atoms with van der Waals surface area (Å²) in [4.78, 5) is 2.45. The van der Waals surface area contributed by atoms with E-state index in [1.165, 1.54) is 18.4 Å². The Hall–Kier alpha value is -1.26. The van der Waals surface area contributed by atoms with Crippen LogP contribution in [0.25, 0.3) is 0 Å². The summed E-state index contributed by atoms with van der Waals surface area (Å²) in [6.45, 7) is 5.38. The van der Waals surface area contributed by atoms with Crippen molar-refractivity contribution >= 4 is 0 Å². The summed E-state index contributed by atoms with van der Waals surface area (Å²) in [6.07, 6.45) is 2.53. The quantitative estimate of drug-likeness (QED) is 0.874. The Bertz CT molecular complexity index is 450. The van der Waals surface area contributed by atoms with E-state index in [1.54, 1.807) is 14.2 Å². The van der Waals surface area contributed by atoms with E-state index >= 15 is 0 Å². The molecule has 0 amide bonds. The average Bonchev–Trinajstić information content (AvgIpc) is 2.52. The van der Waals surface area contributed by atoms with Crippen LogP contribution in [-0.4, -0.2) is 45.8 Å².